The van der Waals surface area contributed by atoms with Gasteiger partial charge in [0.2, 0.25) is 6.10 Å². The molecule has 2 aliphatic rings. The Morgan fingerprint density at radius 2 is 2.08 bits per heavy atom. The van der Waals surface area contributed by atoms with Gasteiger partial charge in [0.05, 0.1) is 5.57 Å². The molecule has 7 heteroatoms. The predicted molar refractivity (Wildman–Crippen MR) is 79.8 cm³/mol. The summed E-state index contributed by atoms with van der Waals surface area (Å²) in [6.07, 6.45) is 1.38. The van der Waals surface area contributed by atoms with Crippen molar-refractivity contribution < 1.29 is 32.5 Å². The number of hydrogen-bond donors (Lipinski definition) is 1. The minimum absolute atomic E-state index is 0.0921. The first-order chi connectivity index (χ1) is 11.3. The van der Waals surface area contributed by atoms with Crippen molar-refractivity contribution in [2.45, 2.75) is 24.8 Å². The zero-order valence-corrected chi connectivity index (χ0v) is 12.3. The Balaban J connectivity index is 1.91. The Morgan fingerprint density at radius 3 is 2.71 bits per heavy atom. The maximum atomic E-state index is 12.9. The van der Waals surface area contributed by atoms with Gasteiger partial charge < -0.3 is 14.6 Å². The van der Waals surface area contributed by atoms with Crippen LogP contribution in [0.25, 0.3) is 5.57 Å². The molecule has 1 aromatic rings. The van der Waals surface area contributed by atoms with Crippen LogP contribution in [0.5, 0.6) is 11.5 Å². The van der Waals surface area contributed by atoms with Crippen molar-refractivity contribution in [1.82, 2.24) is 0 Å². The molecule has 1 aliphatic heterocycles. The van der Waals surface area contributed by atoms with Crippen LogP contribution in [0.15, 0.2) is 48.6 Å². The maximum Gasteiger partial charge on any atom is 0.429 e. The van der Waals surface area contributed by atoms with Gasteiger partial charge in [0.15, 0.2) is 0 Å². The van der Waals surface area contributed by atoms with Gasteiger partial charge in [-0.1, -0.05) is 18.2 Å². The van der Waals surface area contributed by atoms with E-state index in [-0.39, 0.29) is 17.4 Å². The van der Waals surface area contributed by atoms with Gasteiger partial charge in [-0.3, -0.25) is 0 Å². The van der Waals surface area contributed by atoms with E-state index in [1.54, 1.807) is 0 Å². The van der Waals surface area contributed by atoms with E-state index in [9.17, 15) is 18.0 Å². The molecule has 0 saturated heterocycles. The van der Waals surface area contributed by atoms with Crippen molar-refractivity contribution in [3.05, 3.63) is 54.1 Å². The van der Waals surface area contributed by atoms with Crippen LogP contribution in [-0.4, -0.2) is 29.5 Å². The molecule has 0 amide bonds. The molecule has 126 valence electrons. The van der Waals surface area contributed by atoms with Crippen LogP contribution in [0, 0.1) is 0 Å². The number of fused-ring (bicyclic) bond motifs is 1. The Bertz CT molecular complexity index is 747. The fraction of sp³-hybridized carbons (Fsp3) is 0.235. The standard InChI is InChI=1S/C17H13F3O4/c18-17(19,20)15-9-13(16(21)22)12-7-6-11(8-14(12)24-15)23-10-4-2-1-3-5-10/h1-4,6-10,15H,5H2,(H,21,22). The minimum atomic E-state index is -4.70. The lowest BCUT2D eigenvalue weighted by molar-refractivity contribution is -0.180. The molecule has 0 saturated carbocycles. The monoisotopic (exact) mass is 338 g/mol. The first kappa shape index (κ1) is 16.2. The average Bonchev–Trinajstić information content (AvgIpc) is 2.53. The number of rotatable bonds is 3. The number of carbonyl (C=O) groups is 1. The summed E-state index contributed by atoms with van der Waals surface area (Å²) in [5.41, 5.74) is -0.347. The van der Waals surface area contributed by atoms with Crippen LogP contribution in [0.4, 0.5) is 13.2 Å². The number of hydrogen-bond acceptors (Lipinski definition) is 3. The minimum Gasteiger partial charge on any atom is -0.486 e. The number of carboxylic acid groups (broad SMARTS) is 1. The van der Waals surface area contributed by atoms with E-state index in [1.165, 1.54) is 18.2 Å². The van der Waals surface area contributed by atoms with E-state index in [4.69, 9.17) is 14.6 Å². The number of carboxylic acids is 1. The summed E-state index contributed by atoms with van der Waals surface area (Å²) in [5, 5.41) is 9.16. The molecule has 1 heterocycles. The fourth-order valence-corrected chi connectivity index (χ4v) is 2.48. The van der Waals surface area contributed by atoms with Crippen LogP contribution in [0.1, 0.15) is 12.0 Å². The van der Waals surface area contributed by atoms with Crippen LogP contribution in [0.2, 0.25) is 0 Å². The van der Waals surface area contributed by atoms with Crippen molar-refractivity contribution in [1.29, 1.82) is 0 Å². The van der Waals surface area contributed by atoms with Gasteiger partial charge in [-0.25, -0.2) is 4.79 Å². The normalized spacial score (nSPS) is 22.4. The molecule has 0 fully saturated rings. The third-order valence-electron chi connectivity index (χ3n) is 3.60. The van der Waals surface area contributed by atoms with Gasteiger partial charge >= 0.3 is 12.1 Å². The SMILES string of the molecule is O=C(O)C1=CC(C(F)(F)F)Oc2cc(OC3C=CC=CC3)ccc21. The van der Waals surface area contributed by atoms with E-state index in [0.717, 1.165) is 0 Å². The third-order valence-corrected chi connectivity index (χ3v) is 3.60. The molecule has 3 rings (SSSR count). The smallest absolute Gasteiger partial charge is 0.429 e. The largest absolute Gasteiger partial charge is 0.486 e. The molecule has 2 unspecified atom stereocenters. The van der Waals surface area contributed by atoms with Gasteiger partial charge in [0.1, 0.15) is 17.6 Å². The Labute approximate surface area is 135 Å². The fourth-order valence-electron chi connectivity index (χ4n) is 2.48. The van der Waals surface area contributed by atoms with Crippen LogP contribution >= 0.6 is 0 Å². The summed E-state index contributed by atoms with van der Waals surface area (Å²) in [4.78, 5) is 11.3. The van der Waals surface area contributed by atoms with Crippen LogP contribution < -0.4 is 9.47 Å². The first-order valence-electron chi connectivity index (χ1n) is 7.17. The molecule has 2 atom stereocenters. The van der Waals surface area contributed by atoms with Gasteiger partial charge in [-0.05, 0) is 24.3 Å². The van der Waals surface area contributed by atoms with E-state index in [2.05, 4.69) is 0 Å². The van der Waals surface area contributed by atoms with Crippen molar-refractivity contribution in [3.63, 3.8) is 0 Å². The highest BCUT2D eigenvalue weighted by atomic mass is 19.4. The summed E-state index contributed by atoms with van der Waals surface area (Å²) < 4.78 is 49.4. The Kier molecular flexibility index (Phi) is 4.09. The van der Waals surface area contributed by atoms with Crippen molar-refractivity contribution >= 4 is 11.5 Å². The van der Waals surface area contributed by atoms with Crippen molar-refractivity contribution in [3.8, 4) is 11.5 Å². The molecular weight excluding hydrogens is 325 g/mol. The van der Waals surface area contributed by atoms with Crippen LogP contribution in [0.3, 0.4) is 0 Å². The highest BCUT2D eigenvalue weighted by Gasteiger charge is 2.43. The number of aliphatic carboxylic acids is 1. The lowest BCUT2D eigenvalue weighted by atomic mass is 9.99. The molecule has 1 aromatic carbocycles. The lowest BCUT2D eigenvalue weighted by Crippen LogP contribution is -2.35. The number of benzene rings is 1. The number of ether oxygens (including phenoxy) is 2. The summed E-state index contributed by atoms with van der Waals surface area (Å²) in [6.45, 7) is 0. The van der Waals surface area contributed by atoms with Crippen molar-refractivity contribution in [2.24, 2.45) is 0 Å². The van der Waals surface area contributed by atoms with Crippen LogP contribution in [-0.2, 0) is 4.79 Å². The predicted octanol–water partition coefficient (Wildman–Crippen LogP) is 3.74. The number of alkyl halides is 3. The molecule has 0 aromatic heterocycles. The molecule has 0 spiro atoms. The molecular formula is C17H13F3O4. The van der Waals surface area contributed by atoms with Gasteiger partial charge in [-0.2, -0.15) is 13.2 Å². The van der Waals surface area contributed by atoms with E-state index in [1.807, 2.05) is 24.3 Å². The second-order valence-electron chi connectivity index (χ2n) is 5.33. The summed E-state index contributed by atoms with van der Waals surface area (Å²) in [5.74, 6) is -1.29. The topological polar surface area (TPSA) is 55.8 Å². The quantitative estimate of drug-likeness (QED) is 0.912. The van der Waals surface area contributed by atoms with E-state index in [0.29, 0.717) is 18.2 Å². The highest BCUT2D eigenvalue weighted by Crippen LogP contribution is 2.39. The number of halogens is 3. The zero-order chi connectivity index (χ0) is 17.3. The second-order valence-corrected chi connectivity index (χ2v) is 5.33. The molecule has 24 heavy (non-hydrogen) atoms. The van der Waals surface area contributed by atoms with E-state index < -0.39 is 23.8 Å². The molecule has 0 bridgehead atoms. The molecule has 4 nitrogen and oxygen atoms in total. The summed E-state index contributed by atoms with van der Waals surface area (Å²) in [6, 6.07) is 4.19. The second kappa shape index (κ2) is 6.07. The Morgan fingerprint density at radius 1 is 1.29 bits per heavy atom. The average molecular weight is 338 g/mol. The number of allylic oxidation sites excluding steroid dienone is 2. The third kappa shape index (κ3) is 3.29. The summed E-state index contributed by atoms with van der Waals surface area (Å²) in [7, 11) is 0. The highest BCUT2D eigenvalue weighted by molar-refractivity contribution is 6.16. The maximum absolute atomic E-state index is 12.9. The zero-order valence-electron chi connectivity index (χ0n) is 12.3. The lowest BCUT2D eigenvalue weighted by Gasteiger charge is -2.26. The van der Waals surface area contributed by atoms with Gasteiger partial charge in [-0.15, -0.1) is 0 Å². The molecule has 0 radical (unpaired) electrons. The van der Waals surface area contributed by atoms with E-state index >= 15 is 0 Å². The van der Waals surface area contributed by atoms with Crippen molar-refractivity contribution in [2.75, 3.05) is 0 Å². The van der Waals surface area contributed by atoms with Gasteiger partial charge in [0.25, 0.3) is 0 Å². The molecule has 1 aliphatic carbocycles. The first-order valence-corrected chi connectivity index (χ1v) is 7.17. The molecule has 1 N–H and O–H groups in total. The Hall–Kier alpha value is -2.70. The summed E-state index contributed by atoms with van der Waals surface area (Å²) >= 11 is 0. The van der Waals surface area contributed by atoms with Gasteiger partial charge in [0, 0.05) is 18.1 Å².